The van der Waals surface area contributed by atoms with Crippen molar-refractivity contribution < 1.29 is 19.1 Å². The Hall–Kier alpha value is -3.20. The van der Waals surface area contributed by atoms with Gasteiger partial charge in [0, 0.05) is 49.1 Å². The van der Waals surface area contributed by atoms with Gasteiger partial charge in [-0.15, -0.1) is 0 Å². The highest BCUT2D eigenvalue weighted by molar-refractivity contribution is 6.10. The first-order valence-electron chi connectivity index (χ1n) is 11.4. The third-order valence-corrected chi connectivity index (χ3v) is 6.73. The normalized spacial score (nSPS) is 25.4. The van der Waals surface area contributed by atoms with E-state index in [-0.39, 0.29) is 24.5 Å². The Morgan fingerprint density at radius 3 is 2.79 bits per heavy atom. The molecule has 1 aromatic heterocycles. The number of aromatic nitrogens is 1. The van der Waals surface area contributed by atoms with Crippen molar-refractivity contribution in [2.45, 2.75) is 57.2 Å². The summed E-state index contributed by atoms with van der Waals surface area (Å²) < 4.78 is 5.81. The number of hydrogen-bond donors (Lipinski definition) is 2. The summed E-state index contributed by atoms with van der Waals surface area (Å²) >= 11 is 0. The lowest BCUT2D eigenvalue weighted by Crippen LogP contribution is -2.61. The summed E-state index contributed by atoms with van der Waals surface area (Å²) in [6.07, 6.45) is 5.08. The SMILES string of the molecule is CC(C)(C)OC(=O)N1C2CCC1(c1cccc3c(N4CCC(=O)NC4=O)cncc13)CNC2. The molecule has 5 rings (SSSR count). The van der Waals surface area contributed by atoms with E-state index in [4.69, 9.17) is 4.74 Å². The average molecular weight is 452 g/mol. The van der Waals surface area contributed by atoms with E-state index in [1.54, 1.807) is 17.3 Å². The standard InChI is InChI=1S/C24H29N5O4/c1-23(2,3)33-22(32)29-15-7-9-24(29,14-26-11-15)18-6-4-5-16-17(18)12-25-13-19(16)28-10-8-20(30)27-21(28)31/h4-6,12-13,15,26H,7-11,14H2,1-3H3,(H,27,30,31). The van der Waals surface area contributed by atoms with Gasteiger partial charge in [-0.05, 0) is 39.2 Å². The van der Waals surface area contributed by atoms with Crippen molar-refractivity contribution in [1.82, 2.24) is 20.5 Å². The molecule has 2 N–H and O–H groups in total. The molecule has 9 heteroatoms. The van der Waals surface area contributed by atoms with Crippen LogP contribution < -0.4 is 15.5 Å². The molecule has 4 heterocycles. The monoisotopic (exact) mass is 451 g/mol. The molecule has 3 aliphatic rings. The zero-order valence-electron chi connectivity index (χ0n) is 19.2. The lowest BCUT2D eigenvalue weighted by atomic mass is 9.84. The van der Waals surface area contributed by atoms with E-state index in [1.807, 2.05) is 43.9 Å². The highest BCUT2D eigenvalue weighted by Crippen LogP contribution is 2.47. The summed E-state index contributed by atoms with van der Waals surface area (Å²) in [5.74, 6) is -0.276. The van der Waals surface area contributed by atoms with Crippen molar-refractivity contribution in [2.75, 3.05) is 24.5 Å². The van der Waals surface area contributed by atoms with Gasteiger partial charge in [-0.1, -0.05) is 18.2 Å². The number of ether oxygens (including phenoxy) is 1. The first-order valence-corrected chi connectivity index (χ1v) is 11.4. The second-order valence-electron chi connectivity index (χ2n) is 10.0. The van der Waals surface area contributed by atoms with Crippen molar-refractivity contribution in [3.05, 3.63) is 36.2 Å². The molecule has 3 aliphatic heterocycles. The zero-order chi connectivity index (χ0) is 23.4. The summed E-state index contributed by atoms with van der Waals surface area (Å²) in [5.41, 5.74) is 0.488. The van der Waals surface area contributed by atoms with E-state index in [1.165, 1.54) is 0 Å². The van der Waals surface area contributed by atoms with Crippen LogP contribution in [-0.4, -0.2) is 59.2 Å². The van der Waals surface area contributed by atoms with Gasteiger partial charge in [0.15, 0.2) is 0 Å². The fourth-order valence-corrected chi connectivity index (χ4v) is 5.41. The molecule has 2 aromatic rings. The van der Waals surface area contributed by atoms with Crippen molar-refractivity contribution >= 4 is 34.5 Å². The molecule has 0 aliphatic carbocycles. The number of imide groups is 1. The number of carbonyl (C=O) groups is 3. The quantitative estimate of drug-likeness (QED) is 0.728. The van der Waals surface area contributed by atoms with Gasteiger partial charge in [-0.3, -0.25) is 24.9 Å². The van der Waals surface area contributed by atoms with Crippen LogP contribution in [-0.2, 0) is 15.1 Å². The van der Waals surface area contributed by atoms with E-state index in [0.717, 1.165) is 35.7 Å². The molecule has 3 saturated heterocycles. The second-order valence-corrected chi connectivity index (χ2v) is 10.0. The number of pyridine rings is 1. The molecule has 0 radical (unpaired) electrons. The van der Waals surface area contributed by atoms with E-state index < -0.39 is 17.2 Å². The Balaban J connectivity index is 1.61. The molecule has 0 saturated carbocycles. The number of benzene rings is 1. The highest BCUT2D eigenvalue weighted by Gasteiger charge is 2.54. The summed E-state index contributed by atoms with van der Waals surface area (Å²) in [5, 5.41) is 7.63. The minimum atomic E-state index is -0.588. The molecular weight excluding hydrogens is 422 g/mol. The predicted molar refractivity (Wildman–Crippen MR) is 123 cm³/mol. The largest absolute Gasteiger partial charge is 0.444 e. The molecule has 3 fully saturated rings. The lowest BCUT2D eigenvalue weighted by molar-refractivity contribution is -0.120. The van der Waals surface area contributed by atoms with Gasteiger partial charge in [0.25, 0.3) is 0 Å². The Kier molecular flexibility index (Phi) is 5.04. The van der Waals surface area contributed by atoms with Crippen LogP contribution in [0.3, 0.4) is 0 Å². The zero-order valence-corrected chi connectivity index (χ0v) is 19.2. The van der Waals surface area contributed by atoms with Crippen LogP contribution in [0.5, 0.6) is 0 Å². The van der Waals surface area contributed by atoms with Crippen LogP contribution in [0, 0.1) is 0 Å². The fourth-order valence-electron chi connectivity index (χ4n) is 5.41. The third kappa shape index (κ3) is 3.60. The maximum Gasteiger partial charge on any atom is 0.411 e. The number of fused-ring (bicyclic) bond motifs is 3. The van der Waals surface area contributed by atoms with Gasteiger partial charge in [0.05, 0.1) is 17.4 Å². The van der Waals surface area contributed by atoms with Gasteiger partial charge in [0.1, 0.15) is 5.60 Å². The first-order chi connectivity index (χ1) is 15.7. The molecule has 4 amide bonds. The van der Waals surface area contributed by atoms with Gasteiger partial charge in [-0.2, -0.15) is 0 Å². The number of nitrogens with one attached hydrogen (secondary N) is 2. The van der Waals surface area contributed by atoms with E-state index in [2.05, 4.69) is 15.6 Å². The van der Waals surface area contributed by atoms with Crippen LogP contribution in [0.1, 0.15) is 45.6 Å². The number of anilines is 1. The van der Waals surface area contributed by atoms with Gasteiger partial charge >= 0.3 is 12.1 Å². The number of hydrogen-bond acceptors (Lipinski definition) is 6. The summed E-state index contributed by atoms with van der Waals surface area (Å²) in [7, 11) is 0. The van der Waals surface area contributed by atoms with Crippen LogP contribution in [0.25, 0.3) is 10.8 Å². The molecule has 1 aromatic carbocycles. The number of nitrogens with zero attached hydrogens (tertiary/aromatic N) is 3. The molecule has 2 bridgehead atoms. The van der Waals surface area contributed by atoms with E-state index in [9.17, 15) is 14.4 Å². The van der Waals surface area contributed by atoms with Crippen LogP contribution >= 0.6 is 0 Å². The smallest absolute Gasteiger partial charge is 0.411 e. The minimum Gasteiger partial charge on any atom is -0.444 e. The topological polar surface area (TPSA) is 104 Å². The molecule has 33 heavy (non-hydrogen) atoms. The molecular formula is C24H29N5O4. The summed E-state index contributed by atoms with van der Waals surface area (Å²) in [4.78, 5) is 45.4. The average Bonchev–Trinajstić information content (AvgIpc) is 2.98. The number of carbonyl (C=O) groups excluding carboxylic acids is 3. The maximum absolute atomic E-state index is 13.3. The minimum absolute atomic E-state index is 0.0545. The third-order valence-electron chi connectivity index (χ3n) is 6.73. The lowest BCUT2D eigenvalue weighted by Gasteiger charge is -2.46. The van der Waals surface area contributed by atoms with Crippen molar-refractivity contribution in [3.63, 3.8) is 0 Å². The van der Waals surface area contributed by atoms with Crippen molar-refractivity contribution in [1.29, 1.82) is 0 Å². The van der Waals surface area contributed by atoms with Gasteiger partial charge in [0.2, 0.25) is 5.91 Å². The summed E-state index contributed by atoms with van der Waals surface area (Å²) in [6, 6.07) is 5.56. The molecule has 0 spiro atoms. The Labute approximate surface area is 192 Å². The highest BCUT2D eigenvalue weighted by atomic mass is 16.6. The maximum atomic E-state index is 13.3. The summed E-state index contributed by atoms with van der Waals surface area (Å²) in [6.45, 7) is 7.29. The number of piperazine rings is 1. The van der Waals surface area contributed by atoms with Crippen LogP contribution in [0.4, 0.5) is 15.3 Å². The van der Waals surface area contributed by atoms with Gasteiger partial charge < -0.3 is 10.1 Å². The Morgan fingerprint density at radius 2 is 2.03 bits per heavy atom. The van der Waals surface area contributed by atoms with Crippen molar-refractivity contribution in [3.8, 4) is 0 Å². The number of urea groups is 1. The Bertz CT molecular complexity index is 1140. The van der Waals surface area contributed by atoms with Crippen molar-refractivity contribution in [2.24, 2.45) is 0 Å². The van der Waals surface area contributed by atoms with Gasteiger partial charge in [-0.25, -0.2) is 9.59 Å². The van der Waals surface area contributed by atoms with E-state index in [0.29, 0.717) is 18.8 Å². The Morgan fingerprint density at radius 1 is 1.21 bits per heavy atom. The predicted octanol–water partition coefficient (Wildman–Crippen LogP) is 2.88. The molecule has 174 valence electrons. The second kappa shape index (κ2) is 7.69. The molecule has 2 atom stereocenters. The first kappa shape index (κ1) is 21.6. The molecule has 2 unspecified atom stereocenters. The van der Waals surface area contributed by atoms with E-state index >= 15 is 0 Å². The number of rotatable bonds is 2. The molecule has 9 nitrogen and oxygen atoms in total. The van der Waals surface area contributed by atoms with Crippen LogP contribution in [0.2, 0.25) is 0 Å². The number of amides is 4. The van der Waals surface area contributed by atoms with Crippen LogP contribution in [0.15, 0.2) is 30.6 Å². The fraction of sp³-hybridized carbons (Fsp3) is 0.500.